The molecule has 0 fully saturated rings. The first kappa shape index (κ1) is 15.1. The number of ether oxygens (including phenoxy) is 2. The van der Waals surface area contributed by atoms with Crippen LogP contribution in [-0.2, 0) is 0 Å². The molecule has 128 valence electrons. The van der Waals surface area contributed by atoms with Gasteiger partial charge in [0.1, 0.15) is 17.2 Å². The van der Waals surface area contributed by atoms with Crippen molar-refractivity contribution in [1.82, 2.24) is 9.38 Å². The zero-order chi connectivity index (χ0) is 17.5. The lowest BCUT2D eigenvalue weighted by Gasteiger charge is -2.10. The molecule has 5 nitrogen and oxygen atoms in total. The van der Waals surface area contributed by atoms with Gasteiger partial charge in [0.25, 0.3) is 0 Å². The van der Waals surface area contributed by atoms with E-state index in [-0.39, 0.29) is 6.79 Å². The van der Waals surface area contributed by atoms with Gasteiger partial charge in [0.2, 0.25) is 6.79 Å². The smallest absolute Gasteiger partial charge is 0.231 e. The summed E-state index contributed by atoms with van der Waals surface area (Å²) in [5, 5.41) is 4.10. The predicted molar refractivity (Wildman–Crippen MR) is 101 cm³/mol. The summed E-state index contributed by atoms with van der Waals surface area (Å²) in [5.41, 5.74) is 3.57. The van der Waals surface area contributed by atoms with Gasteiger partial charge in [-0.05, 0) is 24.3 Å². The highest BCUT2D eigenvalue weighted by Crippen LogP contribution is 2.37. The van der Waals surface area contributed by atoms with Crippen LogP contribution in [0.5, 0.6) is 11.5 Å². The van der Waals surface area contributed by atoms with Crippen molar-refractivity contribution in [2.24, 2.45) is 0 Å². The van der Waals surface area contributed by atoms with E-state index in [0.29, 0.717) is 5.02 Å². The van der Waals surface area contributed by atoms with E-state index < -0.39 is 0 Å². The fraction of sp³-hybridized carbons (Fsp3) is 0.0500. The van der Waals surface area contributed by atoms with E-state index in [2.05, 4.69) is 5.32 Å². The van der Waals surface area contributed by atoms with Crippen LogP contribution in [-0.4, -0.2) is 16.2 Å². The SMILES string of the molecule is Clc1ccc2nc(-c3ccccc3)c(Nc3ccc4c(c3)OCO4)n2c1. The molecule has 0 saturated heterocycles. The third-order valence-corrected chi connectivity index (χ3v) is 4.49. The molecule has 26 heavy (non-hydrogen) atoms. The standard InChI is InChI=1S/C20H14ClN3O2/c21-14-6-9-18-23-19(13-4-2-1-3-5-13)20(24(18)11-14)22-15-7-8-16-17(10-15)26-12-25-16/h1-11,22H,12H2. The fourth-order valence-electron chi connectivity index (χ4n) is 3.05. The van der Waals surface area contributed by atoms with Crippen molar-refractivity contribution in [3.63, 3.8) is 0 Å². The van der Waals surface area contributed by atoms with E-state index in [0.717, 1.165) is 39.9 Å². The molecule has 1 aliphatic rings. The highest BCUT2D eigenvalue weighted by atomic mass is 35.5. The molecule has 6 heteroatoms. The number of hydrogen-bond donors (Lipinski definition) is 1. The number of rotatable bonds is 3. The second-order valence-electron chi connectivity index (χ2n) is 5.94. The monoisotopic (exact) mass is 363 g/mol. The summed E-state index contributed by atoms with van der Waals surface area (Å²) < 4.78 is 12.8. The summed E-state index contributed by atoms with van der Waals surface area (Å²) in [6.07, 6.45) is 1.85. The third-order valence-electron chi connectivity index (χ3n) is 4.26. The number of nitrogens with one attached hydrogen (secondary N) is 1. The van der Waals surface area contributed by atoms with Crippen molar-refractivity contribution in [1.29, 1.82) is 0 Å². The summed E-state index contributed by atoms with van der Waals surface area (Å²) >= 11 is 6.21. The van der Waals surface area contributed by atoms with Gasteiger partial charge in [-0.2, -0.15) is 0 Å². The molecule has 0 bridgehead atoms. The van der Waals surface area contributed by atoms with Gasteiger partial charge < -0.3 is 14.8 Å². The minimum Gasteiger partial charge on any atom is -0.454 e. The zero-order valence-corrected chi connectivity index (χ0v) is 14.4. The minimum atomic E-state index is 0.249. The first-order valence-corrected chi connectivity index (χ1v) is 8.55. The molecule has 0 unspecified atom stereocenters. The molecule has 0 aliphatic carbocycles. The largest absolute Gasteiger partial charge is 0.454 e. The molecule has 1 aliphatic heterocycles. The molecule has 4 aromatic rings. The number of hydrogen-bond acceptors (Lipinski definition) is 4. The predicted octanol–water partition coefficient (Wildman–Crippen LogP) is 5.13. The van der Waals surface area contributed by atoms with Crippen LogP contribution >= 0.6 is 11.6 Å². The first-order valence-electron chi connectivity index (χ1n) is 8.18. The second-order valence-corrected chi connectivity index (χ2v) is 6.38. The van der Waals surface area contributed by atoms with E-state index in [1.807, 2.05) is 71.3 Å². The lowest BCUT2D eigenvalue weighted by molar-refractivity contribution is 0.174. The molecule has 2 aromatic carbocycles. The summed E-state index contributed by atoms with van der Waals surface area (Å²) in [6.45, 7) is 0.249. The van der Waals surface area contributed by atoms with Gasteiger partial charge in [-0.15, -0.1) is 0 Å². The Balaban J connectivity index is 1.66. The first-order chi connectivity index (χ1) is 12.8. The maximum atomic E-state index is 6.21. The van der Waals surface area contributed by atoms with E-state index in [9.17, 15) is 0 Å². The number of nitrogens with zero attached hydrogens (tertiary/aromatic N) is 2. The number of aromatic nitrogens is 2. The quantitative estimate of drug-likeness (QED) is 0.548. The van der Waals surface area contributed by atoms with Crippen LogP contribution in [0.25, 0.3) is 16.9 Å². The van der Waals surface area contributed by atoms with Crippen molar-refractivity contribution < 1.29 is 9.47 Å². The number of benzene rings is 2. The van der Waals surface area contributed by atoms with Crippen molar-refractivity contribution in [3.8, 4) is 22.8 Å². The Morgan fingerprint density at radius 1 is 0.962 bits per heavy atom. The Hall–Kier alpha value is -3.18. The minimum absolute atomic E-state index is 0.249. The maximum Gasteiger partial charge on any atom is 0.231 e. The second kappa shape index (κ2) is 5.97. The number of pyridine rings is 1. The average molecular weight is 364 g/mol. The van der Waals surface area contributed by atoms with E-state index in [1.54, 1.807) is 0 Å². The van der Waals surface area contributed by atoms with Crippen molar-refractivity contribution in [2.45, 2.75) is 0 Å². The number of fused-ring (bicyclic) bond motifs is 2. The molecular formula is C20H14ClN3O2. The summed E-state index contributed by atoms with van der Waals surface area (Å²) in [5.74, 6) is 2.32. The summed E-state index contributed by atoms with van der Waals surface area (Å²) in [7, 11) is 0. The molecule has 2 aromatic heterocycles. The van der Waals surface area contributed by atoms with E-state index in [4.69, 9.17) is 26.1 Å². The lowest BCUT2D eigenvalue weighted by Crippen LogP contribution is -1.97. The molecule has 3 heterocycles. The van der Waals surface area contributed by atoms with Gasteiger partial charge in [-0.3, -0.25) is 4.40 Å². The van der Waals surface area contributed by atoms with Crippen LogP contribution in [0.2, 0.25) is 5.02 Å². The number of imidazole rings is 1. The lowest BCUT2D eigenvalue weighted by atomic mass is 10.1. The van der Waals surface area contributed by atoms with Crippen LogP contribution in [0.15, 0.2) is 66.9 Å². The molecule has 0 saturated carbocycles. The van der Waals surface area contributed by atoms with Gasteiger partial charge >= 0.3 is 0 Å². The highest BCUT2D eigenvalue weighted by molar-refractivity contribution is 6.30. The number of anilines is 2. The van der Waals surface area contributed by atoms with Gasteiger partial charge in [0, 0.05) is 23.5 Å². The van der Waals surface area contributed by atoms with E-state index >= 15 is 0 Å². The zero-order valence-electron chi connectivity index (χ0n) is 13.6. The Morgan fingerprint density at radius 2 is 1.81 bits per heavy atom. The van der Waals surface area contributed by atoms with Crippen LogP contribution in [0.4, 0.5) is 11.5 Å². The number of halogens is 1. The van der Waals surface area contributed by atoms with Crippen LogP contribution in [0.3, 0.4) is 0 Å². The van der Waals surface area contributed by atoms with Gasteiger partial charge in [0.05, 0.1) is 5.02 Å². The Bertz CT molecular complexity index is 1110. The van der Waals surface area contributed by atoms with Crippen LogP contribution < -0.4 is 14.8 Å². The Morgan fingerprint density at radius 3 is 2.69 bits per heavy atom. The van der Waals surface area contributed by atoms with E-state index in [1.165, 1.54) is 0 Å². The molecule has 5 rings (SSSR count). The molecule has 0 spiro atoms. The Kier molecular flexibility index (Phi) is 3.47. The average Bonchev–Trinajstić information content (AvgIpc) is 3.27. The van der Waals surface area contributed by atoms with Crippen LogP contribution in [0.1, 0.15) is 0 Å². The fourth-order valence-corrected chi connectivity index (χ4v) is 3.21. The van der Waals surface area contributed by atoms with Gasteiger partial charge in [0.15, 0.2) is 11.5 Å². The van der Waals surface area contributed by atoms with Crippen molar-refractivity contribution in [2.75, 3.05) is 12.1 Å². The van der Waals surface area contributed by atoms with Gasteiger partial charge in [-0.1, -0.05) is 41.9 Å². The third kappa shape index (κ3) is 2.53. The molecule has 0 atom stereocenters. The highest BCUT2D eigenvalue weighted by Gasteiger charge is 2.17. The molecule has 0 amide bonds. The summed E-state index contributed by atoms with van der Waals surface area (Å²) in [6, 6.07) is 19.6. The van der Waals surface area contributed by atoms with Crippen molar-refractivity contribution >= 4 is 28.8 Å². The molecule has 1 N–H and O–H groups in total. The van der Waals surface area contributed by atoms with Crippen LogP contribution in [0, 0.1) is 0 Å². The van der Waals surface area contributed by atoms with Crippen molar-refractivity contribution in [3.05, 3.63) is 71.9 Å². The maximum absolute atomic E-state index is 6.21. The normalized spacial score (nSPS) is 12.5. The topological polar surface area (TPSA) is 47.8 Å². The summed E-state index contributed by atoms with van der Waals surface area (Å²) in [4.78, 5) is 4.78. The van der Waals surface area contributed by atoms with Gasteiger partial charge in [-0.25, -0.2) is 4.98 Å². The molecule has 0 radical (unpaired) electrons. The Labute approximate surface area is 154 Å². The molecular weight excluding hydrogens is 350 g/mol.